The standard InChI is InChI=1S/C15H20N2/c1-2-3-4-5-11-6-7-12-9-14(16)15(17)10-13(12)8-11/h6-10H,2-5,16-17H2,1H3. The third kappa shape index (κ3) is 2.70. The normalized spacial score (nSPS) is 10.9. The minimum Gasteiger partial charge on any atom is -0.397 e. The first kappa shape index (κ1) is 11.8. The van der Waals surface area contributed by atoms with Crippen molar-refractivity contribution < 1.29 is 0 Å². The quantitative estimate of drug-likeness (QED) is 0.618. The highest BCUT2D eigenvalue weighted by molar-refractivity contribution is 5.91. The lowest BCUT2D eigenvalue weighted by Crippen LogP contribution is -1.94. The molecule has 0 fully saturated rings. The molecule has 4 N–H and O–H groups in total. The highest BCUT2D eigenvalue weighted by Crippen LogP contribution is 2.25. The molecule has 0 saturated carbocycles. The maximum absolute atomic E-state index is 5.83. The summed E-state index contributed by atoms with van der Waals surface area (Å²) in [6.45, 7) is 2.23. The Hall–Kier alpha value is -1.70. The van der Waals surface area contributed by atoms with Crippen molar-refractivity contribution in [1.29, 1.82) is 0 Å². The smallest absolute Gasteiger partial charge is 0.0554 e. The van der Waals surface area contributed by atoms with E-state index in [1.54, 1.807) is 0 Å². The second-order valence-corrected chi connectivity index (χ2v) is 4.62. The second-order valence-electron chi connectivity index (χ2n) is 4.62. The lowest BCUT2D eigenvalue weighted by atomic mass is 10.0. The summed E-state index contributed by atoms with van der Waals surface area (Å²) < 4.78 is 0. The van der Waals surface area contributed by atoms with Gasteiger partial charge >= 0.3 is 0 Å². The van der Waals surface area contributed by atoms with Crippen molar-refractivity contribution in [3.8, 4) is 0 Å². The maximum Gasteiger partial charge on any atom is 0.0554 e. The van der Waals surface area contributed by atoms with E-state index in [4.69, 9.17) is 11.5 Å². The first-order chi connectivity index (χ1) is 8.20. The largest absolute Gasteiger partial charge is 0.397 e. The van der Waals surface area contributed by atoms with E-state index in [1.165, 1.54) is 30.2 Å². The molecule has 0 heterocycles. The van der Waals surface area contributed by atoms with Gasteiger partial charge < -0.3 is 11.5 Å². The third-order valence-electron chi connectivity index (χ3n) is 3.18. The molecule has 2 rings (SSSR count). The van der Waals surface area contributed by atoms with Crippen LogP contribution in [0.25, 0.3) is 10.8 Å². The number of benzene rings is 2. The first-order valence-electron chi connectivity index (χ1n) is 6.28. The van der Waals surface area contributed by atoms with Gasteiger partial charge in [0.15, 0.2) is 0 Å². The molecule has 2 heteroatoms. The zero-order valence-electron chi connectivity index (χ0n) is 10.4. The van der Waals surface area contributed by atoms with Gasteiger partial charge in [0.05, 0.1) is 11.4 Å². The highest BCUT2D eigenvalue weighted by atomic mass is 14.7. The monoisotopic (exact) mass is 228 g/mol. The molecular formula is C15H20N2. The predicted molar refractivity (Wildman–Crippen MR) is 76.0 cm³/mol. The number of nitrogens with two attached hydrogens (primary N) is 2. The number of unbranched alkanes of at least 4 members (excludes halogenated alkanes) is 2. The van der Waals surface area contributed by atoms with E-state index in [2.05, 4.69) is 25.1 Å². The summed E-state index contributed by atoms with van der Waals surface area (Å²) in [6, 6.07) is 10.5. The molecule has 0 unspecified atom stereocenters. The second kappa shape index (κ2) is 5.09. The molecule has 0 aliphatic carbocycles. The molecule has 90 valence electrons. The van der Waals surface area contributed by atoms with Crippen LogP contribution < -0.4 is 11.5 Å². The Morgan fingerprint density at radius 3 is 2.29 bits per heavy atom. The van der Waals surface area contributed by atoms with E-state index < -0.39 is 0 Å². The molecule has 2 aromatic carbocycles. The molecule has 0 amide bonds. The fourth-order valence-electron chi connectivity index (χ4n) is 2.12. The summed E-state index contributed by atoms with van der Waals surface area (Å²) in [6.07, 6.45) is 4.96. The molecule has 0 aliphatic rings. The summed E-state index contributed by atoms with van der Waals surface area (Å²) >= 11 is 0. The van der Waals surface area contributed by atoms with E-state index in [0.717, 1.165) is 11.8 Å². The van der Waals surface area contributed by atoms with Gasteiger partial charge in [-0.3, -0.25) is 0 Å². The van der Waals surface area contributed by atoms with Gasteiger partial charge in [-0.15, -0.1) is 0 Å². The van der Waals surface area contributed by atoms with Gasteiger partial charge in [-0.1, -0.05) is 38.0 Å². The Kier molecular flexibility index (Phi) is 3.52. The van der Waals surface area contributed by atoms with Crippen molar-refractivity contribution >= 4 is 22.1 Å². The van der Waals surface area contributed by atoms with Crippen LogP contribution in [-0.2, 0) is 6.42 Å². The molecule has 2 aromatic rings. The van der Waals surface area contributed by atoms with Crippen LogP contribution in [0.15, 0.2) is 30.3 Å². The summed E-state index contributed by atoms with van der Waals surface area (Å²) in [5.41, 5.74) is 14.3. The summed E-state index contributed by atoms with van der Waals surface area (Å²) in [4.78, 5) is 0. The Labute approximate surface area is 103 Å². The maximum atomic E-state index is 5.83. The van der Waals surface area contributed by atoms with Crippen molar-refractivity contribution in [2.45, 2.75) is 32.6 Å². The lowest BCUT2D eigenvalue weighted by Gasteiger charge is -2.06. The van der Waals surface area contributed by atoms with Crippen LogP contribution in [0.4, 0.5) is 11.4 Å². The molecule has 2 nitrogen and oxygen atoms in total. The molecule has 0 atom stereocenters. The van der Waals surface area contributed by atoms with Gasteiger partial charge in [-0.05, 0) is 41.3 Å². The van der Waals surface area contributed by atoms with Crippen molar-refractivity contribution in [2.24, 2.45) is 0 Å². The molecule has 0 bridgehead atoms. The molecule has 0 spiro atoms. The molecule has 17 heavy (non-hydrogen) atoms. The van der Waals surface area contributed by atoms with E-state index in [1.807, 2.05) is 12.1 Å². The van der Waals surface area contributed by atoms with Crippen molar-refractivity contribution in [3.63, 3.8) is 0 Å². The van der Waals surface area contributed by atoms with Crippen molar-refractivity contribution in [1.82, 2.24) is 0 Å². The fraction of sp³-hybridized carbons (Fsp3) is 0.333. The lowest BCUT2D eigenvalue weighted by molar-refractivity contribution is 0.718. The number of hydrogen-bond donors (Lipinski definition) is 2. The van der Waals surface area contributed by atoms with Crippen LogP contribution >= 0.6 is 0 Å². The molecular weight excluding hydrogens is 208 g/mol. The van der Waals surface area contributed by atoms with E-state index >= 15 is 0 Å². The van der Waals surface area contributed by atoms with Crippen molar-refractivity contribution in [3.05, 3.63) is 35.9 Å². The van der Waals surface area contributed by atoms with Crippen LogP contribution in [0, 0.1) is 0 Å². The Bertz CT molecular complexity index is 518. The van der Waals surface area contributed by atoms with Gasteiger partial charge in [-0.25, -0.2) is 0 Å². The van der Waals surface area contributed by atoms with Gasteiger partial charge in [0.25, 0.3) is 0 Å². The first-order valence-corrected chi connectivity index (χ1v) is 6.28. The molecule has 0 aliphatic heterocycles. The summed E-state index contributed by atoms with van der Waals surface area (Å²) in [5.74, 6) is 0. The van der Waals surface area contributed by atoms with Crippen LogP contribution in [0.5, 0.6) is 0 Å². The minimum atomic E-state index is 0.663. The summed E-state index contributed by atoms with van der Waals surface area (Å²) in [5, 5.41) is 2.35. The van der Waals surface area contributed by atoms with E-state index in [-0.39, 0.29) is 0 Å². The van der Waals surface area contributed by atoms with Crippen LogP contribution in [0.3, 0.4) is 0 Å². The average Bonchev–Trinajstić information content (AvgIpc) is 2.31. The zero-order valence-corrected chi connectivity index (χ0v) is 10.4. The van der Waals surface area contributed by atoms with E-state index in [0.29, 0.717) is 11.4 Å². The van der Waals surface area contributed by atoms with Crippen LogP contribution in [0.1, 0.15) is 31.7 Å². The Balaban J connectivity index is 2.27. The predicted octanol–water partition coefficient (Wildman–Crippen LogP) is 3.74. The van der Waals surface area contributed by atoms with Crippen LogP contribution in [0.2, 0.25) is 0 Å². The number of hydrogen-bond acceptors (Lipinski definition) is 2. The number of aryl methyl sites for hydroxylation is 1. The highest BCUT2D eigenvalue weighted by Gasteiger charge is 2.00. The zero-order chi connectivity index (χ0) is 12.3. The topological polar surface area (TPSA) is 52.0 Å². The number of nitrogen functional groups attached to an aromatic ring is 2. The summed E-state index contributed by atoms with van der Waals surface area (Å²) in [7, 11) is 0. The fourth-order valence-corrected chi connectivity index (χ4v) is 2.12. The minimum absolute atomic E-state index is 0.663. The Morgan fingerprint density at radius 2 is 1.59 bits per heavy atom. The number of rotatable bonds is 4. The molecule has 0 saturated heterocycles. The van der Waals surface area contributed by atoms with Crippen molar-refractivity contribution in [2.75, 3.05) is 11.5 Å². The van der Waals surface area contributed by atoms with Gasteiger partial charge in [0.2, 0.25) is 0 Å². The van der Waals surface area contributed by atoms with Gasteiger partial charge in [0.1, 0.15) is 0 Å². The number of anilines is 2. The number of fused-ring (bicyclic) bond motifs is 1. The van der Waals surface area contributed by atoms with E-state index in [9.17, 15) is 0 Å². The average molecular weight is 228 g/mol. The Morgan fingerprint density at radius 1 is 0.882 bits per heavy atom. The molecule has 0 aromatic heterocycles. The van der Waals surface area contributed by atoms with Crippen LogP contribution in [-0.4, -0.2) is 0 Å². The SMILES string of the molecule is CCCCCc1ccc2cc(N)c(N)cc2c1. The van der Waals surface area contributed by atoms with Gasteiger partial charge in [-0.2, -0.15) is 0 Å². The molecule has 0 radical (unpaired) electrons. The van der Waals surface area contributed by atoms with Gasteiger partial charge in [0, 0.05) is 0 Å². The third-order valence-corrected chi connectivity index (χ3v) is 3.18.